The fourth-order valence-corrected chi connectivity index (χ4v) is 2.11. The maximum absolute atomic E-state index is 11.9. The minimum Gasteiger partial charge on any atom is -0.377 e. The van der Waals surface area contributed by atoms with Crippen LogP contribution in [0.5, 0.6) is 0 Å². The first-order chi connectivity index (χ1) is 7.18. The van der Waals surface area contributed by atoms with Crippen molar-refractivity contribution in [1.29, 1.82) is 0 Å². The van der Waals surface area contributed by atoms with Gasteiger partial charge in [0.15, 0.2) is 0 Å². The van der Waals surface area contributed by atoms with Crippen LogP contribution in [0.4, 0.5) is 0 Å². The van der Waals surface area contributed by atoms with Crippen LogP contribution >= 0.6 is 0 Å². The summed E-state index contributed by atoms with van der Waals surface area (Å²) in [7, 11) is 0. The molecule has 86 valence electrons. The Balaban J connectivity index is 1.82. The number of nitrogens with zero attached hydrogens (tertiary/aromatic N) is 1. The van der Waals surface area contributed by atoms with E-state index >= 15 is 0 Å². The van der Waals surface area contributed by atoms with Crippen molar-refractivity contribution in [1.82, 2.24) is 4.90 Å². The summed E-state index contributed by atoms with van der Waals surface area (Å²) in [5.74, 6) is 0.801. The quantitative estimate of drug-likeness (QED) is 0.735. The first-order valence-electron chi connectivity index (χ1n) is 5.81. The summed E-state index contributed by atoms with van der Waals surface area (Å²) in [5.41, 5.74) is 5.95. The zero-order chi connectivity index (χ0) is 10.8. The van der Waals surface area contributed by atoms with Gasteiger partial charge in [-0.15, -0.1) is 0 Å². The van der Waals surface area contributed by atoms with E-state index in [-0.39, 0.29) is 18.0 Å². The van der Waals surface area contributed by atoms with Gasteiger partial charge in [-0.2, -0.15) is 0 Å². The summed E-state index contributed by atoms with van der Waals surface area (Å²) in [6, 6.07) is 0.283. The van der Waals surface area contributed by atoms with Crippen LogP contribution in [0.15, 0.2) is 0 Å². The van der Waals surface area contributed by atoms with Crippen molar-refractivity contribution < 1.29 is 9.53 Å². The number of nitrogens with two attached hydrogens (primary N) is 1. The minimum atomic E-state index is 0.0764. The molecule has 4 heteroatoms. The van der Waals surface area contributed by atoms with Gasteiger partial charge in [-0.25, -0.2) is 0 Å². The van der Waals surface area contributed by atoms with Crippen LogP contribution in [-0.2, 0) is 9.53 Å². The van der Waals surface area contributed by atoms with E-state index in [4.69, 9.17) is 10.5 Å². The Labute approximate surface area is 90.8 Å². The van der Waals surface area contributed by atoms with Gasteiger partial charge in [-0.3, -0.25) is 4.79 Å². The highest BCUT2D eigenvalue weighted by Crippen LogP contribution is 2.33. The number of ether oxygens (including phenoxy) is 1. The van der Waals surface area contributed by atoms with Gasteiger partial charge in [0.05, 0.1) is 19.3 Å². The molecule has 1 aliphatic heterocycles. The van der Waals surface area contributed by atoms with E-state index in [1.807, 2.05) is 11.8 Å². The molecule has 1 amide bonds. The van der Waals surface area contributed by atoms with Crippen LogP contribution < -0.4 is 5.73 Å². The van der Waals surface area contributed by atoms with Gasteiger partial charge in [-0.05, 0) is 25.7 Å². The SMILES string of the molecule is C[C@@H]1COCCN1C(=O)CC(N)C1CC1. The Bertz CT molecular complexity index is 241. The van der Waals surface area contributed by atoms with Gasteiger partial charge in [0.1, 0.15) is 0 Å². The lowest BCUT2D eigenvalue weighted by Gasteiger charge is -2.34. The van der Waals surface area contributed by atoms with Gasteiger partial charge < -0.3 is 15.4 Å². The second-order valence-electron chi connectivity index (χ2n) is 4.72. The van der Waals surface area contributed by atoms with Crippen LogP contribution in [0.2, 0.25) is 0 Å². The second kappa shape index (κ2) is 4.49. The molecule has 2 rings (SSSR count). The first kappa shape index (κ1) is 10.9. The van der Waals surface area contributed by atoms with Crippen LogP contribution in [0.3, 0.4) is 0 Å². The van der Waals surface area contributed by atoms with Crippen LogP contribution in [-0.4, -0.2) is 42.6 Å². The van der Waals surface area contributed by atoms with Crippen molar-refractivity contribution in [3.05, 3.63) is 0 Å². The molecule has 1 aliphatic carbocycles. The molecule has 0 bridgehead atoms. The maximum Gasteiger partial charge on any atom is 0.224 e. The Kier molecular flexibility index (Phi) is 3.26. The summed E-state index contributed by atoms with van der Waals surface area (Å²) in [6.45, 7) is 4.07. The Morgan fingerprint density at radius 3 is 2.93 bits per heavy atom. The molecule has 0 aromatic heterocycles. The van der Waals surface area contributed by atoms with Crippen LogP contribution in [0.1, 0.15) is 26.2 Å². The third kappa shape index (κ3) is 2.69. The molecular weight excluding hydrogens is 192 g/mol. The molecule has 2 aliphatic rings. The Hall–Kier alpha value is -0.610. The largest absolute Gasteiger partial charge is 0.377 e. The van der Waals surface area contributed by atoms with Crippen molar-refractivity contribution in [2.24, 2.45) is 11.7 Å². The van der Waals surface area contributed by atoms with Crippen molar-refractivity contribution in [2.75, 3.05) is 19.8 Å². The molecule has 2 fully saturated rings. The number of amides is 1. The molecule has 4 nitrogen and oxygen atoms in total. The third-order valence-electron chi connectivity index (χ3n) is 3.33. The fraction of sp³-hybridized carbons (Fsp3) is 0.909. The minimum absolute atomic E-state index is 0.0764. The van der Waals surface area contributed by atoms with Gasteiger partial charge in [-0.1, -0.05) is 0 Å². The number of rotatable bonds is 3. The van der Waals surface area contributed by atoms with Crippen molar-refractivity contribution in [2.45, 2.75) is 38.3 Å². The van der Waals surface area contributed by atoms with E-state index < -0.39 is 0 Å². The summed E-state index contributed by atoms with van der Waals surface area (Å²) in [6.07, 6.45) is 2.91. The molecule has 0 radical (unpaired) electrons. The lowest BCUT2D eigenvalue weighted by Crippen LogP contribution is -2.48. The molecule has 2 N–H and O–H groups in total. The van der Waals surface area contributed by atoms with Gasteiger partial charge >= 0.3 is 0 Å². The lowest BCUT2D eigenvalue weighted by atomic mass is 10.1. The second-order valence-corrected chi connectivity index (χ2v) is 4.72. The average Bonchev–Trinajstić information content (AvgIpc) is 3.01. The monoisotopic (exact) mass is 212 g/mol. The van der Waals surface area contributed by atoms with E-state index in [0.29, 0.717) is 25.6 Å². The molecule has 0 aromatic rings. The highest BCUT2D eigenvalue weighted by molar-refractivity contribution is 5.77. The molecular formula is C11H20N2O2. The highest BCUT2D eigenvalue weighted by Gasteiger charge is 2.32. The van der Waals surface area contributed by atoms with E-state index in [1.54, 1.807) is 0 Å². The standard InChI is InChI=1S/C11H20N2O2/c1-8-7-15-5-4-13(8)11(14)6-10(12)9-2-3-9/h8-10H,2-7,12H2,1H3/t8-,10?/m1/s1. The number of carbonyl (C=O) groups is 1. The van der Waals surface area contributed by atoms with Crippen LogP contribution in [0.25, 0.3) is 0 Å². The number of hydrogen-bond acceptors (Lipinski definition) is 3. The fourth-order valence-electron chi connectivity index (χ4n) is 2.11. The molecule has 1 heterocycles. The summed E-state index contributed by atoms with van der Waals surface area (Å²) >= 11 is 0. The first-order valence-corrected chi connectivity index (χ1v) is 5.81. The number of carbonyl (C=O) groups excluding carboxylic acids is 1. The van der Waals surface area contributed by atoms with E-state index in [9.17, 15) is 4.79 Å². The molecule has 1 unspecified atom stereocenters. The number of morpholine rings is 1. The molecule has 0 spiro atoms. The molecule has 1 saturated carbocycles. The normalized spacial score (nSPS) is 28.9. The van der Waals surface area contributed by atoms with E-state index in [1.165, 1.54) is 12.8 Å². The summed E-state index contributed by atoms with van der Waals surface area (Å²) in [4.78, 5) is 13.8. The van der Waals surface area contributed by atoms with Crippen molar-refractivity contribution in [3.8, 4) is 0 Å². The smallest absolute Gasteiger partial charge is 0.224 e. The Morgan fingerprint density at radius 1 is 1.60 bits per heavy atom. The third-order valence-corrected chi connectivity index (χ3v) is 3.33. The summed E-state index contributed by atoms with van der Waals surface area (Å²) in [5, 5.41) is 0. The predicted molar refractivity (Wildman–Crippen MR) is 57.3 cm³/mol. The maximum atomic E-state index is 11.9. The molecule has 0 aromatic carbocycles. The zero-order valence-corrected chi connectivity index (χ0v) is 9.32. The Morgan fingerprint density at radius 2 is 2.33 bits per heavy atom. The summed E-state index contributed by atoms with van der Waals surface area (Å²) < 4.78 is 5.30. The molecule has 2 atom stereocenters. The van der Waals surface area contributed by atoms with Gasteiger partial charge in [0, 0.05) is 19.0 Å². The molecule has 15 heavy (non-hydrogen) atoms. The van der Waals surface area contributed by atoms with Crippen LogP contribution in [0, 0.1) is 5.92 Å². The zero-order valence-electron chi connectivity index (χ0n) is 9.32. The van der Waals surface area contributed by atoms with Gasteiger partial charge in [0.2, 0.25) is 5.91 Å². The van der Waals surface area contributed by atoms with Crippen molar-refractivity contribution in [3.63, 3.8) is 0 Å². The highest BCUT2D eigenvalue weighted by atomic mass is 16.5. The number of hydrogen-bond donors (Lipinski definition) is 1. The van der Waals surface area contributed by atoms with E-state index in [2.05, 4.69) is 0 Å². The average molecular weight is 212 g/mol. The van der Waals surface area contributed by atoms with Gasteiger partial charge in [0.25, 0.3) is 0 Å². The van der Waals surface area contributed by atoms with Crippen molar-refractivity contribution >= 4 is 5.91 Å². The molecule has 1 saturated heterocycles. The van der Waals surface area contributed by atoms with E-state index in [0.717, 1.165) is 6.54 Å². The topological polar surface area (TPSA) is 55.6 Å². The lowest BCUT2D eigenvalue weighted by molar-refractivity contribution is -0.139. The predicted octanol–water partition coefficient (Wildman–Crippen LogP) is 0.361.